The molecule has 0 bridgehead atoms. The maximum Gasteiger partial charge on any atom is 0.165 e. The molecule has 4 nitrogen and oxygen atoms in total. The van der Waals surface area contributed by atoms with Crippen molar-refractivity contribution in [2.24, 2.45) is 5.41 Å². The minimum Gasteiger partial charge on any atom is -0.493 e. The highest BCUT2D eigenvalue weighted by atomic mass is 16.5. The standard InChI is InChI=1S/C17H24N2O2/c1-13(2)19-11-14-5-4-6-15(20-3)16(14)21-12-17(7-8-17)9-10-18/h4-6,13,19H,7-9,11-12H2,1-3H3. The third-order valence-electron chi connectivity index (χ3n) is 3.91. The number of hydrogen-bond acceptors (Lipinski definition) is 4. The zero-order valence-corrected chi connectivity index (χ0v) is 13.1. The van der Waals surface area contributed by atoms with Crippen molar-refractivity contribution in [1.29, 1.82) is 5.26 Å². The Morgan fingerprint density at radius 2 is 2.14 bits per heavy atom. The molecule has 0 spiro atoms. The van der Waals surface area contributed by atoms with Crippen LogP contribution in [0.15, 0.2) is 18.2 Å². The number of hydrogen-bond donors (Lipinski definition) is 1. The highest BCUT2D eigenvalue weighted by molar-refractivity contribution is 5.46. The summed E-state index contributed by atoms with van der Waals surface area (Å²) >= 11 is 0. The minimum atomic E-state index is 0.0678. The second kappa shape index (κ2) is 6.82. The number of nitrogens with zero attached hydrogens (tertiary/aromatic N) is 1. The summed E-state index contributed by atoms with van der Waals surface area (Å²) in [5.74, 6) is 1.56. The van der Waals surface area contributed by atoms with Crippen molar-refractivity contribution < 1.29 is 9.47 Å². The Balaban J connectivity index is 2.10. The lowest BCUT2D eigenvalue weighted by Crippen LogP contribution is -2.22. The van der Waals surface area contributed by atoms with Gasteiger partial charge in [0.05, 0.1) is 19.8 Å². The number of ether oxygens (including phenoxy) is 2. The first kappa shape index (κ1) is 15.7. The van der Waals surface area contributed by atoms with Gasteiger partial charge in [-0.2, -0.15) is 5.26 Å². The summed E-state index contributed by atoms with van der Waals surface area (Å²) in [7, 11) is 1.66. The topological polar surface area (TPSA) is 54.3 Å². The van der Waals surface area contributed by atoms with Crippen molar-refractivity contribution >= 4 is 0 Å². The van der Waals surface area contributed by atoms with Crippen LogP contribution in [-0.2, 0) is 6.54 Å². The van der Waals surface area contributed by atoms with Crippen molar-refractivity contribution in [3.8, 4) is 17.6 Å². The van der Waals surface area contributed by atoms with E-state index in [4.69, 9.17) is 14.7 Å². The van der Waals surface area contributed by atoms with Crippen molar-refractivity contribution in [3.63, 3.8) is 0 Å². The molecule has 0 amide bonds. The molecule has 0 saturated heterocycles. The molecule has 1 aliphatic rings. The van der Waals surface area contributed by atoms with Crippen molar-refractivity contribution in [3.05, 3.63) is 23.8 Å². The Labute approximate surface area is 127 Å². The van der Waals surface area contributed by atoms with E-state index in [-0.39, 0.29) is 5.41 Å². The maximum atomic E-state index is 8.90. The molecule has 1 fully saturated rings. The van der Waals surface area contributed by atoms with Gasteiger partial charge in [-0.15, -0.1) is 0 Å². The van der Waals surface area contributed by atoms with E-state index in [0.29, 0.717) is 19.1 Å². The lowest BCUT2D eigenvalue weighted by atomic mass is 10.1. The summed E-state index contributed by atoms with van der Waals surface area (Å²) in [6.07, 6.45) is 2.73. The summed E-state index contributed by atoms with van der Waals surface area (Å²) in [5, 5.41) is 12.3. The number of rotatable bonds is 8. The van der Waals surface area contributed by atoms with Gasteiger partial charge < -0.3 is 14.8 Å². The van der Waals surface area contributed by atoms with Gasteiger partial charge in [0.25, 0.3) is 0 Å². The van der Waals surface area contributed by atoms with Crippen LogP contribution >= 0.6 is 0 Å². The molecule has 0 atom stereocenters. The van der Waals surface area contributed by atoms with Crippen LogP contribution in [0, 0.1) is 16.7 Å². The van der Waals surface area contributed by atoms with Crippen molar-refractivity contribution in [2.75, 3.05) is 13.7 Å². The highest BCUT2D eigenvalue weighted by Gasteiger charge is 2.43. The zero-order valence-electron chi connectivity index (χ0n) is 13.1. The van der Waals surface area contributed by atoms with E-state index in [1.54, 1.807) is 7.11 Å². The predicted octanol–water partition coefficient (Wildman–Crippen LogP) is 3.27. The number of nitrogens with one attached hydrogen (secondary N) is 1. The van der Waals surface area contributed by atoms with E-state index >= 15 is 0 Å². The van der Waals surface area contributed by atoms with Gasteiger partial charge in [0.2, 0.25) is 0 Å². The zero-order chi connectivity index (χ0) is 15.3. The van der Waals surface area contributed by atoms with E-state index in [1.807, 2.05) is 12.1 Å². The predicted molar refractivity (Wildman–Crippen MR) is 82.4 cm³/mol. The molecule has 0 aliphatic heterocycles. The van der Waals surface area contributed by atoms with Gasteiger partial charge >= 0.3 is 0 Å². The maximum absolute atomic E-state index is 8.90. The van der Waals surface area contributed by atoms with Crippen LogP contribution in [0.25, 0.3) is 0 Å². The Bertz CT molecular complexity index is 516. The van der Waals surface area contributed by atoms with Crippen LogP contribution in [0.1, 0.15) is 38.7 Å². The molecule has 21 heavy (non-hydrogen) atoms. The molecular formula is C17H24N2O2. The van der Waals surface area contributed by atoms with Crippen LogP contribution in [-0.4, -0.2) is 19.8 Å². The van der Waals surface area contributed by atoms with Gasteiger partial charge in [-0.05, 0) is 18.9 Å². The lowest BCUT2D eigenvalue weighted by molar-refractivity contribution is 0.224. The van der Waals surface area contributed by atoms with E-state index in [1.165, 1.54) is 0 Å². The number of nitriles is 1. The second-order valence-corrected chi connectivity index (χ2v) is 6.11. The van der Waals surface area contributed by atoms with Crippen LogP contribution in [0.3, 0.4) is 0 Å². The summed E-state index contributed by atoms with van der Waals surface area (Å²) < 4.78 is 11.5. The van der Waals surface area contributed by atoms with E-state index in [2.05, 4.69) is 31.3 Å². The quantitative estimate of drug-likeness (QED) is 0.797. The van der Waals surface area contributed by atoms with Crippen LogP contribution in [0.4, 0.5) is 0 Å². The molecule has 0 heterocycles. The number of benzene rings is 1. The van der Waals surface area contributed by atoms with Gasteiger partial charge in [-0.25, -0.2) is 0 Å². The fourth-order valence-electron chi connectivity index (χ4n) is 2.28. The van der Waals surface area contributed by atoms with Crippen LogP contribution < -0.4 is 14.8 Å². The molecule has 0 aromatic heterocycles. The molecular weight excluding hydrogens is 264 g/mol. The number of methoxy groups -OCH3 is 1. The summed E-state index contributed by atoms with van der Waals surface area (Å²) in [4.78, 5) is 0. The first-order valence-electron chi connectivity index (χ1n) is 7.49. The lowest BCUT2D eigenvalue weighted by Gasteiger charge is -2.19. The Morgan fingerprint density at radius 3 is 2.71 bits per heavy atom. The molecule has 114 valence electrons. The monoisotopic (exact) mass is 288 g/mol. The largest absolute Gasteiger partial charge is 0.493 e. The van der Waals surface area contributed by atoms with Gasteiger partial charge in [-0.3, -0.25) is 0 Å². The van der Waals surface area contributed by atoms with Crippen molar-refractivity contribution in [2.45, 2.75) is 45.7 Å². The fourth-order valence-corrected chi connectivity index (χ4v) is 2.28. The first-order chi connectivity index (χ1) is 10.1. The van der Waals surface area contributed by atoms with Gasteiger partial charge in [0.1, 0.15) is 0 Å². The third kappa shape index (κ3) is 4.12. The van der Waals surface area contributed by atoms with Crippen LogP contribution in [0.2, 0.25) is 0 Å². The molecule has 1 aliphatic carbocycles. The molecule has 2 rings (SSSR count). The van der Waals surface area contributed by atoms with E-state index < -0.39 is 0 Å². The van der Waals surface area contributed by atoms with Crippen molar-refractivity contribution in [1.82, 2.24) is 5.32 Å². The Kier molecular flexibility index (Phi) is 5.08. The molecule has 1 aromatic carbocycles. The van der Waals surface area contributed by atoms with Gasteiger partial charge in [0, 0.05) is 30.0 Å². The smallest absolute Gasteiger partial charge is 0.165 e. The normalized spacial score (nSPS) is 15.6. The fraction of sp³-hybridized carbons (Fsp3) is 0.588. The van der Waals surface area contributed by atoms with Gasteiger partial charge in [-0.1, -0.05) is 26.0 Å². The third-order valence-corrected chi connectivity index (χ3v) is 3.91. The molecule has 1 saturated carbocycles. The molecule has 0 unspecified atom stereocenters. The second-order valence-electron chi connectivity index (χ2n) is 6.11. The summed E-state index contributed by atoms with van der Waals surface area (Å²) in [6, 6.07) is 8.63. The first-order valence-corrected chi connectivity index (χ1v) is 7.49. The molecule has 4 heteroatoms. The number of para-hydroxylation sites is 1. The SMILES string of the molecule is COc1cccc(CNC(C)C)c1OCC1(CC#N)CC1. The Morgan fingerprint density at radius 1 is 1.38 bits per heavy atom. The Hall–Kier alpha value is -1.73. The van der Waals surface area contributed by atoms with Gasteiger partial charge in [0.15, 0.2) is 11.5 Å². The van der Waals surface area contributed by atoms with Crippen LogP contribution in [0.5, 0.6) is 11.5 Å². The minimum absolute atomic E-state index is 0.0678. The average Bonchev–Trinajstić information content (AvgIpc) is 3.23. The van der Waals surface area contributed by atoms with E-state index in [0.717, 1.165) is 36.4 Å². The van der Waals surface area contributed by atoms with E-state index in [9.17, 15) is 0 Å². The average molecular weight is 288 g/mol. The highest BCUT2D eigenvalue weighted by Crippen LogP contribution is 2.49. The molecule has 1 N–H and O–H groups in total. The summed E-state index contributed by atoms with van der Waals surface area (Å²) in [6.45, 7) is 5.57. The molecule has 0 radical (unpaired) electrons. The molecule has 1 aromatic rings. The summed E-state index contributed by atoms with van der Waals surface area (Å²) in [5.41, 5.74) is 1.16.